The molecule has 3 aromatic carbocycles. The summed E-state index contributed by atoms with van der Waals surface area (Å²) < 4.78 is 7.19. The van der Waals surface area contributed by atoms with Crippen molar-refractivity contribution < 1.29 is 19.1 Å². The molecule has 4 aromatic rings. The van der Waals surface area contributed by atoms with E-state index in [0.717, 1.165) is 65.1 Å². The lowest BCUT2D eigenvalue weighted by atomic mass is 9.88. The fourth-order valence-corrected chi connectivity index (χ4v) is 8.02. The van der Waals surface area contributed by atoms with Crippen molar-refractivity contribution in [1.82, 2.24) is 19.3 Å². The molecular weight excluding hydrogens is 626 g/mol. The third-order valence-corrected chi connectivity index (χ3v) is 11.1. The van der Waals surface area contributed by atoms with Crippen LogP contribution >= 0.6 is 0 Å². The van der Waals surface area contributed by atoms with Crippen molar-refractivity contribution >= 4 is 17.8 Å². The summed E-state index contributed by atoms with van der Waals surface area (Å²) in [5, 5.41) is 0. The Kier molecular flexibility index (Phi) is 9.62. The van der Waals surface area contributed by atoms with E-state index in [0.29, 0.717) is 68.9 Å². The zero-order chi connectivity index (χ0) is 34.9. The van der Waals surface area contributed by atoms with Gasteiger partial charge in [-0.15, -0.1) is 0 Å². The molecule has 0 aliphatic carbocycles. The van der Waals surface area contributed by atoms with Gasteiger partial charge in [-0.05, 0) is 91.1 Å². The molecule has 2 N–H and O–H groups in total. The Morgan fingerprint density at radius 3 is 2.28 bits per heavy atom. The fourth-order valence-electron chi connectivity index (χ4n) is 8.02. The lowest BCUT2D eigenvalue weighted by Crippen LogP contribution is -2.52. The molecule has 9 heteroatoms. The van der Waals surface area contributed by atoms with E-state index >= 15 is 4.79 Å². The average molecular weight is 674 g/mol. The molecule has 0 bridgehead atoms. The molecule has 1 saturated heterocycles. The second-order valence-electron chi connectivity index (χ2n) is 14.0. The van der Waals surface area contributed by atoms with E-state index in [1.807, 2.05) is 60.9 Å². The number of aromatic nitrogens is 1. The molecule has 1 atom stereocenters. The van der Waals surface area contributed by atoms with E-state index in [4.69, 9.17) is 10.5 Å². The van der Waals surface area contributed by atoms with Crippen molar-refractivity contribution in [3.63, 3.8) is 0 Å². The molecule has 9 nitrogen and oxygen atoms in total. The molecule has 0 radical (unpaired) electrons. The number of ether oxygens (including phenoxy) is 1. The number of primary amides is 1. The first-order valence-electron chi connectivity index (χ1n) is 17.8. The van der Waals surface area contributed by atoms with Crippen LogP contribution in [0.5, 0.6) is 0 Å². The number of nitrogens with two attached hydrogens (primary N) is 1. The first-order valence-corrected chi connectivity index (χ1v) is 17.8. The first-order chi connectivity index (χ1) is 24.2. The van der Waals surface area contributed by atoms with E-state index in [1.165, 1.54) is 5.56 Å². The van der Waals surface area contributed by atoms with Crippen molar-refractivity contribution in [3.05, 3.63) is 117 Å². The molecule has 7 rings (SSSR count). The van der Waals surface area contributed by atoms with Crippen molar-refractivity contribution in [3.8, 4) is 11.3 Å². The minimum atomic E-state index is -0.572. The average Bonchev–Trinajstić information content (AvgIpc) is 3.37. The van der Waals surface area contributed by atoms with E-state index in [1.54, 1.807) is 4.57 Å². The van der Waals surface area contributed by atoms with Gasteiger partial charge in [-0.2, -0.15) is 0 Å². The number of carbonyl (C=O) groups excluding carboxylic acids is 3. The van der Waals surface area contributed by atoms with Crippen molar-refractivity contribution in [1.29, 1.82) is 0 Å². The monoisotopic (exact) mass is 673 g/mol. The SMILES string of the molecule is Cc1c(C)c(-c2cc3c(cc2C(=O)N2Cc4ccccc4C[C@H]2CN2CCOCC2)CN(C(=O)CCc2ccccc2)CC3)n(C(N)=O)c1C. The summed E-state index contributed by atoms with van der Waals surface area (Å²) >= 11 is 0. The molecule has 0 saturated carbocycles. The van der Waals surface area contributed by atoms with Gasteiger partial charge >= 0.3 is 6.03 Å². The topological polar surface area (TPSA) is 101 Å². The summed E-state index contributed by atoms with van der Waals surface area (Å²) in [4.78, 5) is 48.0. The van der Waals surface area contributed by atoms with Gasteiger partial charge in [-0.3, -0.25) is 19.1 Å². The highest BCUT2D eigenvalue weighted by atomic mass is 16.5. The normalized spacial score (nSPS) is 17.7. The summed E-state index contributed by atoms with van der Waals surface area (Å²) in [5.41, 5.74) is 16.2. The lowest BCUT2D eigenvalue weighted by molar-refractivity contribution is -0.132. The van der Waals surface area contributed by atoms with Gasteiger partial charge in [0, 0.05) is 68.6 Å². The van der Waals surface area contributed by atoms with Crippen molar-refractivity contribution in [2.45, 2.75) is 65.6 Å². The number of rotatable bonds is 7. The second kappa shape index (κ2) is 14.2. The van der Waals surface area contributed by atoms with Gasteiger partial charge in [0.15, 0.2) is 0 Å². The van der Waals surface area contributed by atoms with Crippen LogP contribution in [0.25, 0.3) is 11.3 Å². The second-order valence-corrected chi connectivity index (χ2v) is 14.0. The molecule has 1 aromatic heterocycles. The summed E-state index contributed by atoms with van der Waals surface area (Å²) in [6.45, 7) is 11.2. The highest BCUT2D eigenvalue weighted by Gasteiger charge is 2.35. The first kappa shape index (κ1) is 33.8. The van der Waals surface area contributed by atoms with Crippen LogP contribution in [0.2, 0.25) is 0 Å². The Labute approximate surface area is 294 Å². The number of amides is 3. The zero-order valence-electron chi connectivity index (χ0n) is 29.4. The summed E-state index contributed by atoms with van der Waals surface area (Å²) in [6, 6.07) is 22.0. The van der Waals surface area contributed by atoms with Gasteiger partial charge in [0.25, 0.3) is 5.91 Å². The number of benzene rings is 3. The van der Waals surface area contributed by atoms with Gasteiger partial charge in [-0.1, -0.05) is 54.6 Å². The largest absolute Gasteiger partial charge is 0.379 e. The number of carbonyl (C=O) groups is 3. The Morgan fingerprint density at radius 2 is 1.54 bits per heavy atom. The number of hydrogen-bond acceptors (Lipinski definition) is 5. The van der Waals surface area contributed by atoms with E-state index in [-0.39, 0.29) is 17.9 Å². The molecule has 3 amide bonds. The third-order valence-electron chi connectivity index (χ3n) is 11.1. The highest BCUT2D eigenvalue weighted by Crippen LogP contribution is 2.38. The van der Waals surface area contributed by atoms with Crippen LogP contribution in [-0.4, -0.2) is 82.5 Å². The van der Waals surface area contributed by atoms with E-state index in [2.05, 4.69) is 41.3 Å². The maximum Gasteiger partial charge on any atom is 0.323 e. The minimum absolute atomic E-state index is 0.0389. The molecule has 3 aliphatic heterocycles. The Bertz CT molecular complexity index is 1930. The van der Waals surface area contributed by atoms with Crippen LogP contribution < -0.4 is 5.73 Å². The van der Waals surface area contributed by atoms with E-state index < -0.39 is 6.03 Å². The Morgan fingerprint density at radius 1 is 0.820 bits per heavy atom. The quantitative estimate of drug-likeness (QED) is 0.282. The van der Waals surface area contributed by atoms with Crippen LogP contribution in [0.15, 0.2) is 66.7 Å². The maximum absolute atomic E-state index is 15.2. The molecule has 4 heterocycles. The molecule has 3 aliphatic rings. The minimum Gasteiger partial charge on any atom is -0.379 e. The standard InChI is InChI=1S/C41H47N5O4/c1-27-28(2)39(46(29(27)3)41(42)49)36-22-32-15-16-44(38(47)14-13-30-9-5-4-6-10-30)24-34(32)23-37(36)40(48)45-25-33-12-8-7-11-31(33)21-35(45)26-43-17-19-50-20-18-43/h4-12,22-23,35H,13-21,24-26H2,1-3H3,(H2,42,49)/t35-/m0/s1. The molecule has 0 unspecified atom stereocenters. The number of hydrogen-bond donors (Lipinski definition) is 1. The fraction of sp³-hybridized carbons (Fsp3) is 0.390. The Hall–Kier alpha value is -4.73. The number of aryl methyl sites for hydroxylation is 1. The van der Waals surface area contributed by atoms with Crippen LogP contribution in [0.1, 0.15) is 61.4 Å². The Balaban J connectivity index is 1.28. The van der Waals surface area contributed by atoms with E-state index in [9.17, 15) is 9.59 Å². The van der Waals surface area contributed by atoms with Gasteiger partial charge in [0.2, 0.25) is 5.91 Å². The smallest absolute Gasteiger partial charge is 0.323 e. The predicted molar refractivity (Wildman–Crippen MR) is 194 cm³/mol. The summed E-state index contributed by atoms with van der Waals surface area (Å²) in [7, 11) is 0. The van der Waals surface area contributed by atoms with Gasteiger partial charge in [-0.25, -0.2) is 4.79 Å². The van der Waals surface area contributed by atoms with Crippen molar-refractivity contribution in [2.24, 2.45) is 5.73 Å². The summed E-state index contributed by atoms with van der Waals surface area (Å²) in [6.07, 6.45) is 2.55. The maximum atomic E-state index is 15.2. The highest BCUT2D eigenvalue weighted by molar-refractivity contribution is 6.03. The van der Waals surface area contributed by atoms with Crippen LogP contribution in [0, 0.1) is 20.8 Å². The predicted octanol–water partition coefficient (Wildman–Crippen LogP) is 5.42. The van der Waals surface area contributed by atoms with Crippen LogP contribution in [0.4, 0.5) is 4.79 Å². The van der Waals surface area contributed by atoms with Crippen LogP contribution in [-0.2, 0) is 41.9 Å². The molecule has 260 valence electrons. The molecule has 0 spiro atoms. The van der Waals surface area contributed by atoms with Crippen LogP contribution in [0.3, 0.4) is 0 Å². The number of nitrogens with zero attached hydrogens (tertiary/aromatic N) is 4. The molecule has 50 heavy (non-hydrogen) atoms. The molecule has 1 fully saturated rings. The number of morpholine rings is 1. The van der Waals surface area contributed by atoms with Gasteiger partial charge in [0.1, 0.15) is 0 Å². The molecular formula is C41H47N5O4. The summed E-state index contributed by atoms with van der Waals surface area (Å²) in [5.74, 6) is 0.0365. The van der Waals surface area contributed by atoms with Crippen molar-refractivity contribution in [2.75, 3.05) is 39.4 Å². The van der Waals surface area contributed by atoms with Gasteiger partial charge in [0.05, 0.1) is 18.9 Å². The van der Waals surface area contributed by atoms with Gasteiger partial charge < -0.3 is 20.3 Å². The third kappa shape index (κ3) is 6.60. The zero-order valence-corrected chi connectivity index (χ0v) is 29.4. The number of fused-ring (bicyclic) bond motifs is 2. The lowest BCUT2D eigenvalue weighted by Gasteiger charge is -2.41.